The number of amides is 2. The van der Waals surface area contributed by atoms with Crippen LogP contribution in [0, 0.1) is 6.92 Å². The van der Waals surface area contributed by atoms with Gasteiger partial charge in [0, 0.05) is 18.2 Å². The van der Waals surface area contributed by atoms with Crippen molar-refractivity contribution in [2.45, 2.75) is 59.7 Å². The van der Waals surface area contributed by atoms with E-state index in [1.54, 1.807) is 25.1 Å². The summed E-state index contributed by atoms with van der Waals surface area (Å²) in [6, 6.07) is 11.6. The molecule has 2 amide bonds. The van der Waals surface area contributed by atoms with E-state index in [-0.39, 0.29) is 18.2 Å². The van der Waals surface area contributed by atoms with Crippen LogP contribution in [-0.2, 0) is 26.2 Å². The van der Waals surface area contributed by atoms with Crippen LogP contribution in [0.4, 0.5) is 5.69 Å². The quantitative estimate of drug-likeness (QED) is 0.533. The Labute approximate surface area is 219 Å². The molecule has 10 heteroatoms. The van der Waals surface area contributed by atoms with Gasteiger partial charge in [-0.1, -0.05) is 29.8 Å². The number of aryl methyl sites for hydroxylation is 1. The number of ether oxygens (including phenoxy) is 2. The van der Waals surface area contributed by atoms with Crippen LogP contribution < -0.4 is 19.1 Å². The Morgan fingerprint density at radius 2 is 1.73 bits per heavy atom. The number of anilines is 1. The highest BCUT2D eigenvalue weighted by Gasteiger charge is 2.32. The lowest BCUT2D eigenvalue weighted by Gasteiger charge is -2.33. The highest BCUT2D eigenvalue weighted by molar-refractivity contribution is 7.92. The van der Waals surface area contributed by atoms with Crippen LogP contribution in [0.15, 0.2) is 42.5 Å². The lowest BCUT2D eigenvalue weighted by molar-refractivity contribution is -0.140. The number of hydrogen-bond acceptors (Lipinski definition) is 6. The fourth-order valence-corrected chi connectivity index (χ4v) is 5.02. The summed E-state index contributed by atoms with van der Waals surface area (Å²) >= 11 is 0. The van der Waals surface area contributed by atoms with Crippen LogP contribution in [0.25, 0.3) is 0 Å². The average molecular weight is 532 g/mol. The number of rotatable bonds is 9. The van der Waals surface area contributed by atoms with Gasteiger partial charge in [-0.05, 0) is 59.2 Å². The number of benzene rings is 2. The predicted octanol–water partition coefficient (Wildman–Crippen LogP) is 3.25. The average Bonchev–Trinajstić information content (AvgIpc) is 2.84. The molecule has 0 fully saturated rings. The standard InChI is InChI=1S/C27H37N3O6S/c1-7-37(33,34)30(22-11-12-23-24(16-22)36-14-13-35-23)18-25(31)29(17-21-10-8-9-19(2)15-21)20(3)26(32)28-27(4,5)6/h8-12,15-16,20H,7,13-14,17-18H2,1-6H3,(H,28,32)/t20-/m0/s1. The fraction of sp³-hybridized carbons (Fsp3) is 0.481. The van der Waals surface area contributed by atoms with E-state index in [9.17, 15) is 18.0 Å². The molecule has 1 heterocycles. The molecule has 2 aromatic rings. The van der Waals surface area contributed by atoms with Crippen molar-refractivity contribution in [2.75, 3.05) is 29.8 Å². The number of hydrogen-bond donors (Lipinski definition) is 1. The SMILES string of the molecule is CCS(=O)(=O)N(CC(=O)N(Cc1cccc(C)c1)[C@@H](C)C(=O)NC(C)(C)C)c1ccc2c(c1)OCCO2. The van der Waals surface area contributed by atoms with E-state index >= 15 is 0 Å². The van der Waals surface area contributed by atoms with Gasteiger partial charge in [0.15, 0.2) is 11.5 Å². The Kier molecular flexibility index (Phi) is 8.73. The molecular formula is C27H37N3O6S. The summed E-state index contributed by atoms with van der Waals surface area (Å²) in [5.74, 6) is -0.0828. The molecule has 0 aliphatic carbocycles. The summed E-state index contributed by atoms with van der Waals surface area (Å²) in [7, 11) is -3.83. The van der Waals surface area contributed by atoms with Crippen LogP contribution >= 0.6 is 0 Å². The van der Waals surface area contributed by atoms with Gasteiger partial charge in [0.25, 0.3) is 0 Å². The lowest BCUT2D eigenvalue weighted by Crippen LogP contribution is -2.54. The monoisotopic (exact) mass is 531 g/mol. The summed E-state index contributed by atoms with van der Waals surface area (Å²) in [5, 5.41) is 2.92. The zero-order valence-corrected chi connectivity index (χ0v) is 23.2. The normalized spacial score (nSPS) is 14.0. The Morgan fingerprint density at radius 3 is 2.35 bits per heavy atom. The Balaban J connectivity index is 1.96. The number of nitrogens with one attached hydrogen (secondary N) is 1. The zero-order valence-electron chi connectivity index (χ0n) is 22.4. The number of carbonyl (C=O) groups is 2. The van der Waals surface area contributed by atoms with Gasteiger partial charge in [-0.2, -0.15) is 0 Å². The molecule has 1 aliphatic rings. The third-order valence-electron chi connectivity index (χ3n) is 5.89. The van der Waals surface area contributed by atoms with Gasteiger partial charge in [-0.25, -0.2) is 8.42 Å². The van der Waals surface area contributed by atoms with Crippen molar-refractivity contribution in [1.82, 2.24) is 10.2 Å². The number of sulfonamides is 1. The second-order valence-electron chi connectivity index (χ2n) is 10.2. The van der Waals surface area contributed by atoms with E-state index in [1.165, 1.54) is 11.8 Å². The van der Waals surface area contributed by atoms with Crippen molar-refractivity contribution >= 4 is 27.5 Å². The van der Waals surface area contributed by atoms with Gasteiger partial charge >= 0.3 is 0 Å². The number of nitrogens with zero attached hydrogens (tertiary/aromatic N) is 2. The van der Waals surface area contributed by atoms with Crippen LogP contribution in [0.1, 0.15) is 45.7 Å². The molecule has 0 radical (unpaired) electrons. The first-order chi connectivity index (χ1) is 17.3. The highest BCUT2D eigenvalue weighted by Crippen LogP contribution is 2.35. The topological polar surface area (TPSA) is 105 Å². The van der Waals surface area contributed by atoms with E-state index in [0.717, 1.165) is 15.4 Å². The summed E-state index contributed by atoms with van der Waals surface area (Å²) < 4.78 is 38.5. The minimum absolute atomic E-state index is 0.153. The molecule has 0 spiro atoms. The largest absolute Gasteiger partial charge is 0.486 e. The summed E-state index contributed by atoms with van der Waals surface area (Å²) in [5.41, 5.74) is 1.66. The third-order valence-corrected chi connectivity index (χ3v) is 7.64. The van der Waals surface area contributed by atoms with Crippen molar-refractivity contribution in [2.24, 2.45) is 0 Å². The van der Waals surface area contributed by atoms with Crippen LogP contribution in [0.5, 0.6) is 11.5 Å². The highest BCUT2D eigenvalue weighted by atomic mass is 32.2. The third kappa shape index (κ3) is 7.38. The molecular weight excluding hydrogens is 494 g/mol. The van der Waals surface area contributed by atoms with E-state index in [1.807, 2.05) is 52.0 Å². The van der Waals surface area contributed by atoms with E-state index in [0.29, 0.717) is 30.4 Å². The maximum absolute atomic E-state index is 13.8. The molecule has 0 bridgehead atoms. The Morgan fingerprint density at radius 1 is 1.05 bits per heavy atom. The van der Waals surface area contributed by atoms with Gasteiger partial charge in [0.05, 0.1) is 11.4 Å². The molecule has 2 aromatic carbocycles. The summed E-state index contributed by atoms with van der Waals surface area (Å²) in [4.78, 5) is 28.2. The zero-order chi connectivity index (χ0) is 27.4. The molecule has 1 atom stereocenters. The van der Waals surface area contributed by atoms with Crippen molar-refractivity contribution < 1.29 is 27.5 Å². The molecule has 37 heavy (non-hydrogen) atoms. The molecule has 9 nitrogen and oxygen atoms in total. The van der Waals surface area contributed by atoms with Crippen LogP contribution in [0.2, 0.25) is 0 Å². The second-order valence-corrected chi connectivity index (χ2v) is 12.3. The summed E-state index contributed by atoms with van der Waals surface area (Å²) in [6.45, 7) is 11.2. The van der Waals surface area contributed by atoms with Gasteiger partial charge in [0.1, 0.15) is 25.8 Å². The molecule has 0 saturated heterocycles. The van der Waals surface area contributed by atoms with E-state index in [2.05, 4.69) is 5.32 Å². The van der Waals surface area contributed by atoms with Crippen molar-refractivity contribution in [3.8, 4) is 11.5 Å². The first-order valence-electron chi connectivity index (χ1n) is 12.4. The lowest BCUT2D eigenvalue weighted by atomic mass is 10.1. The van der Waals surface area contributed by atoms with Crippen molar-refractivity contribution in [3.05, 3.63) is 53.6 Å². The van der Waals surface area contributed by atoms with Crippen molar-refractivity contribution in [1.29, 1.82) is 0 Å². The van der Waals surface area contributed by atoms with E-state index in [4.69, 9.17) is 9.47 Å². The molecule has 0 aromatic heterocycles. The van der Waals surface area contributed by atoms with Crippen LogP contribution in [0.3, 0.4) is 0 Å². The predicted molar refractivity (Wildman–Crippen MR) is 143 cm³/mol. The first-order valence-corrected chi connectivity index (χ1v) is 14.0. The maximum atomic E-state index is 13.8. The van der Waals surface area contributed by atoms with Gasteiger partial charge in [0.2, 0.25) is 21.8 Å². The van der Waals surface area contributed by atoms with Crippen LogP contribution in [-0.4, -0.2) is 62.2 Å². The molecule has 202 valence electrons. The maximum Gasteiger partial charge on any atom is 0.244 e. The van der Waals surface area contributed by atoms with E-state index < -0.39 is 34.1 Å². The van der Waals surface area contributed by atoms with Crippen molar-refractivity contribution in [3.63, 3.8) is 0 Å². The second kappa shape index (κ2) is 11.4. The number of carbonyl (C=O) groups excluding carboxylic acids is 2. The fourth-order valence-electron chi connectivity index (χ4n) is 3.97. The molecule has 1 aliphatic heterocycles. The van der Waals surface area contributed by atoms with Gasteiger partial charge < -0.3 is 19.7 Å². The minimum Gasteiger partial charge on any atom is -0.486 e. The molecule has 0 saturated carbocycles. The minimum atomic E-state index is -3.83. The molecule has 3 rings (SSSR count). The summed E-state index contributed by atoms with van der Waals surface area (Å²) in [6.07, 6.45) is 0. The molecule has 0 unspecified atom stereocenters. The Bertz CT molecular complexity index is 1240. The molecule has 1 N–H and O–H groups in total. The smallest absolute Gasteiger partial charge is 0.244 e. The number of fused-ring (bicyclic) bond motifs is 1. The van der Waals surface area contributed by atoms with Gasteiger partial charge in [-0.3, -0.25) is 13.9 Å². The van der Waals surface area contributed by atoms with Gasteiger partial charge in [-0.15, -0.1) is 0 Å². The first kappa shape index (κ1) is 28.3. The Hall–Kier alpha value is -3.27.